The molecule has 0 spiro atoms. The van der Waals surface area contributed by atoms with Gasteiger partial charge < -0.3 is 19.5 Å². The van der Waals surface area contributed by atoms with Crippen LogP contribution in [0, 0.1) is 0 Å². The molecule has 0 atom stereocenters. The molecule has 38 heavy (non-hydrogen) atoms. The number of hydrogen-bond donors (Lipinski definition) is 2. The van der Waals surface area contributed by atoms with Gasteiger partial charge >= 0.3 is 18.3 Å². The van der Waals surface area contributed by atoms with Crippen LogP contribution in [0.15, 0.2) is 84.9 Å². The first kappa shape index (κ1) is 25.1. The molecule has 0 saturated heterocycles. The normalized spacial score (nSPS) is 11.6. The minimum atomic E-state index is -4.81. The lowest BCUT2D eigenvalue weighted by Gasteiger charge is -2.13. The summed E-state index contributed by atoms with van der Waals surface area (Å²) >= 11 is 1.07. The van der Waals surface area contributed by atoms with Crippen molar-refractivity contribution in [2.24, 2.45) is 0 Å². The van der Waals surface area contributed by atoms with Crippen LogP contribution >= 0.6 is 11.3 Å². The Balaban J connectivity index is 1.66. The number of carboxylic acids is 2. The molecule has 0 unspecified atom stereocenters. The number of fused-ring (bicyclic) bond motifs is 1. The minimum Gasteiger partial charge on any atom is -0.480 e. The third kappa shape index (κ3) is 4.98. The smallest absolute Gasteiger partial charge is 0.480 e. The second-order valence-electron chi connectivity index (χ2n) is 8.35. The van der Waals surface area contributed by atoms with Gasteiger partial charge in [0, 0.05) is 5.56 Å². The third-order valence-electron chi connectivity index (χ3n) is 5.86. The summed E-state index contributed by atoms with van der Waals surface area (Å²) in [7, 11) is 0. The second kappa shape index (κ2) is 9.71. The minimum absolute atomic E-state index is 0.0918. The predicted molar refractivity (Wildman–Crippen MR) is 137 cm³/mol. The summed E-state index contributed by atoms with van der Waals surface area (Å²) in [6.07, 6.45) is -4.81. The number of thiophene rings is 1. The molecule has 6 nitrogen and oxygen atoms in total. The van der Waals surface area contributed by atoms with E-state index in [2.05, 4.69) is 4.74 Å². The highest BCUT2D eigenvalue weighted by Gasteiger charge is 2.31. The molecule has 0 saturated carbocycles. The molecule has 0 bridgehead atoms. The highest BCUT2D eigenvalue weighted by atomic mass is 32.1. The van der Waals surface area contributed by atoms with Gasteiger partial charge in [-0.25, -0.2) is 4.79 Å². The molecule has 0 aliphatic heterocycles. The Morgan fingerprint density at radius 3 is 2.11 bits per heavy atom. The number of alkyl halides is 3. The molecule has 2 heterocycles. The molecule has 2 N–H and O–H groups in total. The van der Waals surface area contributed by atoms with Crippen molar-refractivity contribution in [2.75, 3.05) is 0 Å². The van der Waals surface area contributed by atoms with Gasteiger partial charge in [0.1, 0.15) is 17.2 Å². The van der Waals surface area contributed by atoms with Crippen LogP contribution in [0.25, 0.3) is 43.7 Å². The molecule has 0 radical (unpaired) electrons. The number of benzene rings is 3. The van der Waals surface area contributed by atoms with E-state index in [-0.39, 0.29) is 10.6 Å². The number of aromatic carboxylic acids is 1. The summed E-state index contributed by atoms with van der Waals surface area (Å²) in [6, 6.07) is 23.3. The van der Waals surface area contributed by atoms with Gasteiger partial charge in [-0.1, -0.05) is 66.7 Å². The largest absolute Gasteiger partial charge is 0.573 e. The third-order valence-corrected chi connectivity index (χ3v) is 6.99. The fourth-order valence-corrected chi connectivity index (χ4v) is 5.46. The summed E-state index contributed by atoms with van der Waals surface area (Å²) in [5.74, 6) is -2.53. The number of carbonyl (C=O) groups is 2. The molecule has 5 aromatic rings. The molecule has 0 fully saturated rings. The number of hydrogen-bond acceptors (Lipinski definition) is 4. The molecule has 10 heteroatoms. The topological polar surface area (TPSA) is 88.8 Å². The Morgan fingerprint density at radius 2 is 1.47 bits per heavy atom. The molecule has 0 amide bonds. The maximum absolute atomic E-state index is 12.7. The molecule has 0 aliphatic carbocycles. The summed E-state index contributed by atoms with van der Waals surface area (Å²) in [4.78, 5) is 23.6. The molecule has 5 rings (SSSR count). The van der Waals surface area contributed by atoms with Crippen molar-refractivity contribution in [3.8, 4) is 39.3 Å². The summed E-state index contributed by atoms with van der Waals surface area (Å²) in [5.41, 5.74) is 4.38. The van der Waals surface area contributed by atoms with Crippen molar-refractivity contribution in [3.05, 3.63) is 89.8 Å². The average Bonchev–Trinajstić information content (AvgIpc) is 3.42. The van der Waals surface area contributed by atoms with E-state index in [1.54, 1.807) is 34.9 Å². The second-order valence-corrected chi connectivity index (χ2v) is 9.40. The van der Waals surface area contributed by atoms with Gasteiger partial charge in [-0.3, -0.25) is 4.79 Å². The van der Waals surface area contributed by atoms with Crippen LogP contribution in [-0.2, 0) is 11.3 Å². The van der Waals surface area contributed by atoms with Crippen LogP contribution < -0.4 is 4.74 Å². The number of aliphatic carboxylic acids is 1. The Hall–Kier alpha value is -4.57. The number of rotatable bonds is 7. The van der Waals surface area contributed by atoms with Crippen molar-refractivity contribution >= 4 is 33.5 Å². The van der Waals surface area contributed by atoms with E-state index >= 15 is 0 Å². The Kier molecular flexibility index (Phi) is 6.41. The molecule has 2 aromatic heterocycles. The Bertz CT molecular complexity index is 1650. The number of ether oxygens (including phenoxy) is 1. The zero-order valence-electron chi connectivity index (χ0n) is 19.4. The fraction of sp³-hybridized carbons (Fsp3) is 0.0714. The number of halogens is 3. The highest BCUT2D eigenvalue weighted by Crippen LogP contribution is 2.45. The van der Waals surface area contributed by atoms with Crippen LogP contribution in [0.5, 0.6) is 5.75 Å². The number of aromatic nitrogens is 1. The van der Waals surface area contributed by atoms with Crippen molar-refractivity contribution in [3.63, 3.8) is 0 Å². The van der Waals surface area contributed by atoms with Gasteiger partial charge in [-0.05, 0) is 40.5 Å². The van der Waals surface area contributed by atoms with Gasteiger partial charge in [0.05, 0.1) is 15.9 Å². The first-order valence-electron chi connectivity index (χ1n) is 11.2. The average molecular weight is 538 g/mol. The SMILES string of the molecule is O=C(O)Cn1c(-c2ccc(-c3cccc(OC(F)(F)F)c3)cc2)c(-c2ccccc2)c2sc(C(=O)O)cc21. The molecule has 192 valence electrons. The van der Waals surface area contributed by atoms with Crippen molar-refractivity contribution in [2.45, 2.75) is 12.9 Å². The van der Waals surface area contributed by atoms with E-state index in [4.69, 9.17) is 0 Å². The first-order valence-corrected chi connectivity index (χ1v) is 12.1. The standard InChI is InChI=1S/C28H18F3NO5S/c29-28(30,31)37-20-8-4-7-19(13-20)16-9-11-18(12-10-16)25-24(17-5-2-1-3-6-17)26-21(32(25)15-23(33)34)14-22(38-26)27(35)36/h1-14H,15H2,(H,33,34)(H,35,36). The van der Waals surface area contributed by atoms with Crippen LogP contribution in [0.4, 0.5) is 13.2 Å². The monoisotopic (exact) mass is 537 g/mol. The maximum atomic E-state index is 12.7. The van der Waals surface area contributed by atoms with E-state index < -0.39 is 24.8 Å². The summed E-state index contributed by atoms with van der Waals surface area (Å²) in [5, 5.41) is 19.2. The van der Waals surface area contributed by atoms with Crippen molar-refractivity contribution < 1.29 is 37.7 Å². The molecular weight excluding hydrogens is 519 g/mol. The van der Waals surface area contributed by atoms with E-state index in [9.17, 15) is 33.0 Å². The number of carboxylic acid groups (broad SMARTS) is 2. The van der Waals surface area contributed by atoms with Crippen LogP contribution in [0.2, 0.25) is 0 Å². The molecule has 3 aromatic carbocycles. The molecular formula is C28H18F3NO5S. The number of nitrogens with zero attached hydrogens (tertiary/aromatic N) is 1. The lowest BCUT2D eigenvalue weighted by molar-refractivity contribution is -0.274. The lowest BCUT2D eigenvalue weighted by atomic mass is 9.98. The van der Waals surface area contributed by atoms with Crippen molar-refractivity contribution in [1.29, 1.82) is 0 Å². The zero-order chi connectivity index (χ0) is 27.0. The van der Waals surface area contributed by atoms with E-state index in [1.165, 1.54) is 24.3 Å². The van der Waals surface area contributed by atoms with Crippen LogP contribution in [-0.4, -0.2) is 33.1 Å². The van der Waals surface area contributed by atoms with E-state index in [1.807, 2.05) is 30.3 Å². The zero-order valence-corrected chi connectivity index (χ0v) is 20.2. The summed E-state index contributed by atoms with van der Waals surface area (Å²) < 4.78 is 44.2. The van der Waals surface area contributed by atoms with Gasteiger partial charge in [0.15, 0.2) is 0 Å². The van der Waals surface area contributed by atoms with Crippen LogP contribution in [0.1, 0.15) is 9.67 Å². The predicted octanol–water partition coefficient (Wildman–Crippen LogP) is 7.39. The van der Waals surface area contributed by atoms with E-state index in [0.717, 1.165) is 16.9 Å². The van der Waals surface area contributed by atoms with Gasteiger partial charge in [-0.15, -0.1) is 24.5 Å². The highest BCUT2D eigenvalue weighted by molar-refractivity contribution is 7.21. The van der Waals surface area contributed by atoms with Gasteiger partial charge in [0.25, 0.3) is 0 Å². The summed E-state index contributed by atoms with van der Waals surface area (Å²) in [6.45, 7) is -0.396. The van der Waals surface area contributed by atoms with Gasteiger partial charge in [0.2, 0.25) is 0 Å². The van der Waals surface area contributed by atoms with E-state index in [0.29, 0.717) is 38.2 Å². The quantitative estimate of drug-likeness (QED) is 0.226. The Morgan fingerprint density at radius 1 is 0.816 bits per heavy atom. The van der Waals surface area contributed by atoms with Gasteiger partial charge in [-0.2, -0.15) is 0 Å². The Labute approximate surface area is 217 Å². The first-order chi connectivity index (χ1) is 18.1. The lowest BCUT2D eigenvalue weighted by Crippen LogP contribution is -2.17. The van der Waals surface area contributed by atoms with Crippen LogP contribution in [0.3, 0.4) is 0 Å². The van der Waals surface area contributed by atoms with Crippen molar-refractivity contribution in [1.82, 2.24) is 4.57 Å². The molecule has 0 aliphatic rings. The fourth-order valence-electron chi connectivity index (χ4n) is 4.39. The maximum Gasteiger partial charge on any atom is 0.573 e.